The number of hydrogen-bond acceptors (Lipinski definition) is 5. The number of fused-ring (bicyclic) bond motifs is 1. The van der Waals surface area contributed by atoms with Crippen LogP contribution in [0.2, 0.25) is 0 Å². The van der Waals surface area contributed by atoms with Crippen LogP contribution in [0.25, 0.3) is 22.4 Å². The molecule has 3 aromatic rings. The summed E-state index contributed by atoms with van der Waals surface area (Å²) in [7, 11) is 0. The molecule has 0 saturated heterocycles. The molecule has 1 aromatic heterocycles. The van der Waals surface area contributed by atoms with Gasteiger partial charge in [-0.25, -0.2) is 4.98 Å². The minimum atomic E-state index is -1.05. The van der Waals surface area contributed by atoms with Crippen LogP contribution in [0.15, 0.2) is 48.5 Å². The largest absolute Gasteiger partial charge is 1.00 e. The molecule has 0 fully saturated rings. The normalized spacial score (nSPS) is 10.7. The fraction of sp³-hybridized carbons (Fsp3) is 0.111. The van der Waals surface area contributed by atoms with Crippen molar-refractivity contribution in [1.29, 1.82) is 0 Å². The molecule has 24 heavy (non-hydrogen) atoms. The van der Waals surface area contributed by atoms with E-state index < -0.39 is 5.97 Å². The number of carbonyl (C=O) groups is 1. The SMILES string of the molecule is O=C([O-])CCNc1cccc(/C=C/c2nc3ccccc3s2)c1.[Na+]. The van der Waals surface area contributed by atoms with Crippen molar-refractivity contribution in [2.75, 3.05) is 11.9 Å². The van der Waals surface area contributed by atoms with E-state index in [9.17, 15) is 9.90 Å². The molecule has 0 aliphatic heterocycles. The second-order valence-corrected chi connectivity index (χ2v) is 6.09. The molecule has 0 bridgehead atoms. The van der Waals surface area contributed by atoms with E-state index in [2.05, 4.69) is 16.4 Å². The Hall–Kier alpha value is -1.66. The maximum Gasteiger partial charge on any atom is 1.00 e. The average molecular weight is 346 g/mol. The van der Waals surface area contributed by atoms with Gasteiger partial charge in [-0.1, -0.05) is 30.3 Å². The van der Waals surface area contributed by atoms with Gasteiger partial charge in [-0.2, -0.15) is 0 Å². The third-order valence-electron chi connectivity index (χ3n) is 3.27. The van der Waals surface area contributed by atoms with E-state index in [4.69, 9.17) is 0 Å². The topological polar surface area (TPSA) is 65.0 Å². The number of aliphatic carboxylic acids is 1. The summed E-state index contributed by atoms with van der Waals surface area (Å²) in [5.41, 5.74) is 2.93. The molecular weight excluding hydrogens is 331 g/mol. The number of carboxylic acid groups (broad SMARTS) is 1. The van der Waals surface area contributed by atoms with E-state index in [1.54, 1.807) is 11.3 Å². The predicted molar refractivity (Wildman–Crippen MR) is 93.1 cm³/mol. The molecule has 0 amide bonds. The summed E-state index contributed by atoms with van der Waals surface area (Å²) in [4.78, 5) is 15.0. The van der Waals surface area contributed by atoms with Gasteiger partial charge in [0.2, 0.25) is 0 Å². The Kier molecular flexibility index (Phi) is 6.99. The Morgan fingerprint density at radius 2 is 2.00 bits per heavy atom. The molecule has 0 unspecified atom stereocenters. The smallest absolute Gasteiger partial charge is 0.550 e. The molecule has 6 heteroatoms. The van der Waals surface area contributed by atoms with Gasteiger partial charge in [0.1, 0.15) is 5.01 Å². The van der Waals surface area contributed by atoms with Crippen LogP contribution in [0, 0.1) is 0 Å². The van der Waals surface area contributed by atoms with Crippen molar-refractivity contribution in [1.82, 2.24) is 4.98 Å². The van der Waals surface area contributed by atoms with Crippen LogP contribution in [0.3, 0.4) is 0 Å². The Morgan fingerprint density at radius 3 is 2.79 bits per heavy atom. The molecule has 2 aromatic carbocycles. The molecule has 3 rings (SSSR count). The van der Waals surface area contributed by atoms with Crippen molar-refractivity contribution in [2.24, 2.45) is 0 Å². The fourth-order valence-corrected chi connectivity index (χ4v) is 3.06. The van der Waals surface area contributed by atoms with E-state index in [1.807, 2.05) is 54.6 Å². The minimum Gasteiger partial charge on any atom is -0.550 e. The summed E-state index contributed by atoms with van der Waals surface area (Å²) in [5.74, 6) is -1.05. The molecule has 0 atom stereocenters. The molecule has 116 valence electrons. The van der Waals surface area contributed by atoms with Gasteiger partial charge in [0.15, 0.2) is 0 Å². The molecular formula is C18H15N2NaO2S. The Bertz CT molecular complexity index is 828. The summed E-state index contributed by atoms with van der Waals surface area (Å²) < 4.78 is 1.17. The number of aromatic nitrogens is 1. The number of rotatable bonds is 6. The first-order valence-corrected chi connectivity index (χ1v) is 8.10. The molecule has 0 radical (unpaired) electrons. The van der Waals surface area contributed by atoms with Gasteiger partial charge >= 0.3 is 29.6 Å². The van der Waals surface area contributed by atoms with E-state index in [0.717, 1.165) is 21.8 Å². The quantitative estimate of drug-likeness (QED) is 0.640. The second kappa shape index (κ2) is 8.99. The molecule has 0 aliphatic rings. The van der Waals surface area contributed by atoms with Crippen LogP contribution < -0.4 is 40.0 Å². The van der Waals surface area contributed by atoms with Crippen LogP contribution >= 0.6 is 11.3 Å². The van der Waals surface area contributed by atoms with Gasteiger partial charge in [0.05, 0.1) is 10.2 Å². The van der Waals surface area contributed by atoms with Crippen molar-refractivity contribution in [3.8, 4) is 0 Å². The van der Waals surface area contributed by atoms with Crippen molar-refractivity contribution in [3.63, 3.8) is 0 Å². The Balaban J connectivity index is 0.00000208. The molecule has 1 N–H and O–H groups in total. The molecule has 4 nitrogen and oxygen atoms in total. The van der Waals surface area contributed by atoms with Crippen molar-refractivity contribution >= 4 is 45.4 Å². The van der Waals surface area contributed by atoms with Crippen LogP contribution in [0.1, 0.15) is 17.0 Å². The first-order valence-electron chi connectivity index (χ1n) is 7.28. The Labute approximate surface area is 166 Å². The zero-order valence-corrected chi connectivity index (χ0v) is 16.2. The first-order chi connectivity index (χ1) is 11.2. The molecule has 0 aliphatic carbocycles. The van der Waals surface area contributed by atoms with Gasteiger partial charge in [-0.05, 0) is 35.9 Å². The summed E-state index contributed by atoms with van der Waals surface area (Å²) in [6.45, 7) is 0.355. The van der Waals surface area contributed by atoms with Crippen LogP contribution in [-0.2, 0) is 4.79 Å². The standard InChI is InChI=1S/C18H16N2O2S.Na/c21-18(22)10-11-19-14-5-3-4-13(12-14)8-9-17-20-15-6-1-2-7-16(15)23-17;/h1-9,12,19H,10-11H2,(H,21,22);/q;+1/p-1/b9-8+;. The summed E-state index contributed by atoms with van der Waals surface area (Å²) in [5, 5.41) is 14.4. The number of anilines is 1. The van der Waals surface area contributed by atoms with E-state index in [1.165, 1.54) is 4.70 Å². The monoisotopic (exact) mass is 346 g/mol. The first kappa shape index (κ1) is 18.7. The number of benzene rings is 2. The maximum absolute atomic E-state index is 10.4. The van der Waals surface area contributed by atoms with E-state index in [0.29, 0.717) is 6.54 Å². The summed E-state index contributed by atoms with van der Waals surface area (Å²) in [6.07, 6.45) is 3.98. The minimum absolute atomic E-state index is 0. The summed E-state index contributed by atoms with van der Waals surface area (Å²) >= 11 is 1.65. The third kappa shape index (κ3) is 5.18. The van der Waals surface area contributed by atoms with Crippen molar-refractivity contribution in [2.45, 2.75) is 6.42 Å². The van der Waals surface area contributed by atoms with Gasteiger partial charge < -0.3 is 15.2 Å². The number of nitrogens with one attached hydrogen (secondary N) is 1. The van der Waals surface area contributed by atoms with Gasteiger partial charge in [0.25, 0.3) is 0 Å². The number of para-hydroxylation sites is 1. The Morgan fingerprint density at radius 1 is 1.17 bits per heavy atom. The van der Waals surface area contributed by atoms with Crippen LogP contribution in [-0.4, -0.2) is 17.5 Å². The van der Waals surface area contributed by atoms with Crippen molar-refractivity contribution < 1.29 is 39.5 Å². The fourth-order valence-electron chi connectivity index (χ4n) is 2.19. The maximum atomic E-state index is 10.4. The molecule has 0 spiro atoms. The summed E-state index contributed by atoms with van der Waals surface area (Å²) in [6, 6.07) is 15.9. The van der Waals surface area contributed by atoms with E-state index in [-0.39, 0.29) is 36.0 Å². The zero-order chi connectivity index (χ0) is 16.1. The number of nitrogens with zero attached hydrogens (tertiary/aromatic N) is 1. The number of carboxylic acids is 1. The third-order valence-corrected chi connectivity index (χ3v) is 4.28. The molecule has 1 heterocycles. The zero-order valence-electron chi connectivity index (χ0n) is 13.4. The average Bonchev–Trinajstić information content (AvgIpc) is 2.96. The van der Waals surface area contributed by atoms with Gasteiger partial charge in [-0.3, -0.25) is 0 Å². The number of hydrogen-bond donors (Lipinski definition) is 1. The van der Waals surface area contributed by atoms with E-state index >= 15 is 0 Å². The van der Waals surface area contributed by atoms with Gasteiger partial charge in [0, 0.05) is 24.6 Å². The van der Waals surface area contributed by atoms with Crippen LogP contribution in [0.5, 0.6) is 0 Å². The van der Waals surface area contributed by atoms with Crippen LogP contribution in [0.4, 0.5) is 5.69 Å². The number of thiazole rings is 1. The van der Waals surface area contributed by atoms with Crippen molar-refractivity contribution in [3.05, 3.63) is 59.1 Å². The predicted octanol–water partition coefficient (Wildman–Crippen LogP) is 0.0226. The van der Waals surface area contributed by atoms with Gasteiger partial charge in [-0.15, -0.1) is 11.3 Å². The second-order valence-electron chi connectivity index (χ2n) is 5.03. The molecule has 0 saturated carbocycles. The number of carbonyl (C=O) groups excluding carboxylic acids is 1.